The molecule has 0 saturated carbocycles. The van der Waals surface area contributed by atoms with Crippen molar-refractivity contribution in [3.8, 4) is 0 Å². The first-order valence-corrected chi connectivity index (χ1v) is 8.29. The summed E-state index contributed by atoms with van der Waals surface area (Å²) in [7, 11) is 1.62. The fourth-order valence-electron chi connectivity index (χ4n) is 1.49. The maximum Gasteiger partial charge on any atom is 0.222 e. The maximum atomic E-state index is 13.4. The zero-order valence-corrected chi connectivity index (χ0v) is 15.1. The summed E-state index contributed by atoms with van der Waals surface area (Å²) in [5.74, 6) is -0.310. The zero-order chi connectivity index (χ0) is 18.0. The summed E-state index contributed by atoms with van der Waals surface area (Å²) in [6.07, 6.45) is -1.21. The Morgan fingerprint density at radius 3 is 1.79 bits per heavy atom. The Kier molecular flexibility index (Phi) is 16.5. The number of ether oxygens (including phenoxy) is 5. The van der Waals surface area contributed by atoms with Gasteiger partial charge >= 0.3 is 0 Å². The quantitative estimate of drug-likeness (QED) is 0.390. The van der Waals surface area contributed by atoms with Gasteiger partial charge in [-0.2, -0.15) is 0 Å². The van der Waals surface area contributed by atoms with Crippen LogP contribution in [-0.4, -0.2) is 85.2 Å². The molecule has 0 aliphatic rings. The van der Waals surface area contributed by atoms with Crippen molar-refractivity contribution in [2.75, 3.05) is 73.1 Å². The third-order valence-electron chi connectivity index (χ3n) is 2.87. The van der Waals surface area contributed by atoms with E-state index in [0.717, 1.165) is 0 Å². The van der Waals surface area contributed by atoms with Crippen LogP contribution in [0.5, 0.6) is 0 Å². The van der Waals surface area contributed by atoms with E-state index in [-0.39, 0.29) is 25.0 Å². The topological polar surface area (TPSA) is 75.2 Å². The van der Waals surface area contributed by atoms with Gasteiger partial charge in [-0.3, -0.25) is 4.79 Å². The van der Waals surface area contributed by atoms with E-state index in [9.17, 15) is 9.18 Å². The summed E-state index contributed by atoms with van der Waals surface area (Å²) < 4.78 is 39.2. The van der Waals surface area contributed by atoms with Gasteiger partial charge in [-0.25, -0.2) is 4.39 Å². The van der Waals surface area contributed by atoms with Crippen molar-refractivity contribution < 1.29 is 32.9 Å². The van der Waals surface area contributed by atoms with Gasteiger partial charge in [0.1, 0.15) is 6.17 Å². The monoisotopic (exact) mass is 353 g/mol. The van der Waals surface area contributed by atoms with Crippen LogP contribution in [0.2, 0.25) is 0 Å². The van der Waals surface area contributed by atoms with Crippen molar-refractivity contribution >= 4 is 5.91 Å². The molecular weight excluding hydrogens is 321 g/mol. The molecule has 0 aromatic heterocycles. The largest absolute Gasteiger partial charge is 0.382 e. The highest BCUT2D eigenvalue weighted by Crippen LogP contribution is 1.94. The maximum absolute atomic E-state index is 13.4. The van der Waals surface area contributed by atoms with Gasteiger partial charge in [-0.15, -0.1) is 0 Å². The van der Waals surface area contributed by atoms with Gasteiger partial charge in [-0.05, 0) is 0 Å². The molecule has 0 fully saturated rings. The molecule has 1 atom stereocenters. The first-order chi connectivity index (χ1) is 11.6. The smallest absolute Gasteiger partial charge is 0.222 e. The number of amides is 1. The Labute approximate surface area is 144 Å². The van der Waals surface area contributed by atoms with Gasteiger partial charge < -0.3 is 29.0 Å². The molecule has 1 N–H and O–H groups in total. The minimum atomic E-state index is -1.21. The second-order valence-corrected chi connectivity index (χ2v) is 5.40. The van der Waals surface area contributed by atoms with Crippen LogP contribution in [0.15, 0.2) is 0 Å². The van der Waals surface area contributed by atoms with Crippen molar-refractivity contribution in [1.29, 1.82) is 0 Å². The van der Waals surface area contributed by atoms with E-state index in [1.165, 1.54) is 0 Å². The van der Waals surface area contributed by atoms with Gasteiger partial charge in [0.05, 0.1) is 66.0 Å². The van der Waals surface area contributed by atoms with Gasteiger partial charge in [0.25, 0.3) is 0 Å². The summed E-state index contributed by atoms with van der Waals surface area (Å²) in [5, 5.41) is 2.52. The van der Waals surface area contributed by atoms with Gasteiger partial charge in [-0.1, -0.05) is 13.8 Å². The van der Waals surface area contributed by atoms with Gasteiger partial charge in [0.15, 0.2) is 0 Å². The van der Waals surface area contributed by atoms with Gasteiger partial charge in [0, 0.05) is 13.0 Å². The Morgan fingerprint density at radius 1 is 0.875 bits per heavy atom. The molecule has 1 amide bonds. The molecule has 0 spiro atoms. The molecule has 0 heterocycles. The number of rotatable bonds is 17. The van der Waals surface area contributed by atoms with Crippen molar-refractivity contribution in [2.45, 2.75) is 20.0 Å². The molecular formula is C16H32FNO6. The van der Waals surface area contributed by atoms with Crippen LogP contribution in [0.4, 0.5) is 4.39 Å². The number of hydrogen-bond donors (Lipinski definition) is 1. The standard InChI is InChI=1S/C16H32FNO6/c1-14(2)16(19)18-12-15(17)13-24-11-10-23-9-8-22-7-6-21-5-4-20-3/h14-15H,4-13H2,1-3H3,(H,18,19). The van der Waals surface area contributed by atoms with Crippen molar-refractivity contribution in [3.63, 3.8) is 0 Å². The highest BCUT2D eigenvalue weighted by atomic mass is 19.1. The van der Waals surface area contributed by atoms with Crippen molar-refractivity contribution in [1.82, 2.24) is 5.32 Å². The number of halogens is 1. The molecule has 0 aliphatic carbocycles. The summed E-state index contributed by atoms with van der Waals surface area (Å²) in [4.78, 5) is 11.3. The lowest BCUT2D eigenvalue weighted by Crippen LogP contribution is -2.35. The average Bonchev–Trinajstić information content (AvgIpc) is 2.56. The molecule has 24 heavy (non-hydrogen) atoms. The molecule has 0 radical (unpaired) electrons. The number of methoxy groups -OCH3 is 1. The minimum Gasteiger partial charge on any atom is -0.382 e. The first-order valence-electron chi connectivity index (χ1n) is 8.29. The molecule has 7 nitrogen and oxygen atoms in total. The fraction of sp³-hybridized carbons (Fsp3) is 0.938. The number of hydrogen-bond acceptors (Lipinski definition) is 6. The predicted octanol–water partition coefficient (Wildman–Crippen LogP) is 0.810. The van der Waals surface area contributed by atoms with Crippen molar-refractivity contribution in [2.24, 2.45) is 5.92 Å². The molecule has 0 aromatic carbocycles. The molecule has 0 aromatic rings. The van der Waals surface area contributed by atoms with E-state index < -0.39 is 6.17 Å². The van der Waals surface area contributed by atoms with E-state index >= 15 is 0 Å². The van der Waals surface area contributed by atoms with E-state index in [4.69, 9.17) is 23.7 Å². The SMILES string of the molecule is COCCOCCOCCOCCOCC(F)CNC(=O)C(C)C. The lowest BCUT2D eigenvalue weighted by atomic mass is 10.2. The molecule has 1 unspecified atom stereocenters. The van der Waals surface area contributed by atoms with Crippen LogP contribution in [0.3, 0.4) is 0 Å². The fourth-order valence-corrected chi connectivity index (χ4v) is 1.49. The van der Waals surface area contributed by atoms with Crippen molar-refractivity contribution in [3.05, 3.63) is 0 Å². The average molecular weight is 353 g/mol. The Morgan fingerprint density at radius 2 is 1.33 bits per heavy atom. The molecule has 0 aliphatic heterocycles. The molecule has 0 bridgehead atoms. The van der Waals surface area contributed by atoms with Crippen LogP contribution in [0.25, 0.3) is 0 Å². The lowest BCUT2D eigenvalue weighted by molar-refractivity contribution is -0.124. The minimum absolute atomic E-state index is 0.0296. The Bertz CT molecular complexity index is 294. The van der Waals surface area contributed by atoms with Crippen LogP contribution < -0.4 is 5.32 Å². The number of carbonyl (C=O) groups excluding carboxylic acids is 1. The Balaban J connectivity index is 3.20. The van der Waals surface area contributed by atoms with E-state index in [0.29, 0.717) is 52.9 Å². The summed E-state index contributed by atoms with van der Waals surface area (Å²) in [6, 6.07) is 0. The Hall–Kier alpha value is -0.800. The van der Waals surface area contributed by atoms with E-state index in [2.05, 4.69) is 5.32 Å². The highest BCUT2D eigenvalue weighted by Gasteiger charge is 2.11. The third-order valence-corrected chi connectivity index (χ3v) is 2.87. The zero-order valence-electron chi connectivity index (χ0n) is 15.1. The summed E-state index contributed by atoms with van der Waals surface area (Å²) >= 11 is 0. The number of nitrogens with one attached hydrogen (secondary N) is 1. The highest BCUT2D eigenvalue weighted by molar-refractivity contribution is 5.77. The third kappa shape index (κ3) is 16.1. The first kappa shape index (κ1) is 23.2. The number of carbonyl (C=O) groups is 1. The summed E-state index contributed by atoms with van der Waals surface area (Å²) in [5.41, 5.74) is 0. The van der Waals surface area contributed by atoms with Gasteiger partial charge in [0.2, 0.25) is 5.91 Å². The second kappa shape index (κ2) is 17.0. The van der Waals surface area contributed by atoms with Crippen LogP contribution in [-0.2, 0) is 28.5 Å². The van der Waals surface area contributed by atoms with E-state index in [1.807, 2.05) is 0 Å². The van der Waals surface area contributed by atoms with E-state index in [1.54, 1.807) is 21.0 Å². The lowest BCUT2D eigenvalue weighted by Gasteiger charge is -2.12. The molecule has 8 heteroatoms. The molecule has 0 rings (SSSR count). The second-order valence-electron chi connectivity index (χ2n) is 5.40. The molecule has 0 saturated heterocycles. The molecule has 144 valence electrons. The normalized spacial score (nSPS) is 12.5. The van der Waals surface area contributed by atoms with Crippen LogP contribution in [0.1, 0.15) is 13.8 Å². The summed E-state index contributed by atoms with van der Waals surface area (Å²) in [6.45, 7) is 7.20. The van der Waals surface area contributed by atoms with Crippen LogP contribution >= 0.6 is 0 Å². The number of alkyl halides is 1. The van der Waals surface area contributed by atoms with Crippen LogP contribution in [0, 0.1) is 5.92 Å². The predicted molar refractivity (Wildman–Crippen MR) is 87.9 cm³/mol.